The number of hydrogen-bond donors (Lipinski definition) is 1. The number of carbonyl (C=O) groups is 1. The van der Waals surface area contributed by atoms with Crippen molar-refractivity contribution in [1.29, 1.82) is 0 Å². The molecule has 1 saturated carbocycles. The molecule has 0 bridgehead atoms. The number of alkyl halides is 3. The molecule has 0 spiro atoms. The number of halogens is 4. The summed E-state index contributed by atoms with van der Waals surface area (Å²) in [7, 11) is 0. The zero-order chi connectivity index (χ0) is 17.3. The molecule has 1 aromatic heterocycles. The Morgan fingerprint density at radius 3 is 2.67 bits per heavy atom. The maximum atomic E-state index is 12.8. The summed E-state index contributed by atoms with van der Waals surface area (Å²) in [5, 5.41) is 6.74. The first-order valence-electron chi connectivity index (χ1n) is 7.49. The lowest BCUT2D eigenvalue weighted by molar-refractivity contribution is -0.141. The smallest absolute Gasteiger partial charge is 0.350 e. The molecule has 1 aromatic carbocycles. The lowest BCUT2D eigenvalue weighted by atomic mass is 10.2. The van der Waals surface area contributed by atoms with Gasteiger partial charge in [-0.1, -0.05) is 29.8 Å². The summed E-state index contributed by atoms with van der Waals surface area (Å²) < 4.78 is 39.6. The third-order valence-electron chi connectivity index (χ3n) is 3.82. The predicted octanol–water partition coefficient (Wildman–Crippen LogP) is 3.75. The first-order valence-corrected chi connectivity index (χ1v) is 7.87. The monoisotopic (exact) mass is 357 g/mol. The number of hydrogen-bond acceptors (Lipinski definition) is 2. The van der Waals surface area contributed by atoms with Gasteiger partial charge in [0.15, 0.2) is 5.69 Å². The number of carbonyl (C=O) groups excluding carboxylic acids is 1. The fourth-order valence-electron chi connectivity index (χ4n) is 2.43. The van der Waals surface area contributed by atoms with Gasteiger partial charge in [0.1, 0.15) is 6.54 Å². The summed E-state index contributed by atoms with van der Waals surface area (Å²) in [6, 6.07) is 8.09. The average Bonchev–Trinajstić information content (AvgIpc) is 3.26. The second-order valence-electron chi connectivity index (χ2n) is 5.75. The van der Waals surface area contributed by atoms with Gasteiger partial charge in [0.2, 0.25) is 5.91 Å². The Bertz CT molecular complexity index is 753. The number of nitrogens with zero attached hydrogens (tertiary/aromatic N) is 2. The lowest BCUT2D eigenvalue weighted by Crippen LogP contribution is -2.28. The van der Waals surface area contributed by atoms with E-state index in [1.165, 1.54) is 0 Å². The van der Waals surface area contributed by atoms with E-state index in [-0.39, 0.29) is 19.0 Å². The predicted molar refractivity (Wildman–Crippen MR) is 82.5 cm³/mol. The minimum atomic E-state index is -4.51. The largest absolute Gasteiger partial charge is 0.435 e. The molecule has 2 aromatic rings. The number of amides is 1. The molecule has 1 aliphatic rings. The highest BCUT2D eigenvalue weighted by atomic mass is 35.5. The maximum Gasteiger partial charge on any atom is 0.435 e. The van der Waals surface area contributed by atoms with E-state index in [9.17, 15) is 18.0 Å². The van der Waals surface area contributed by atoms with Crippen molar-refractivity contribution in [1.82, 2.24) is 15.1 Å². The van der Waals surface area contributed by atoms with Gasteiger partial charge in [-0.2, -0.15) is 18.3 Å². The van der Waals surface area contributed by atoms with Crippen LogP contribution in [0.4, 0.5) is 13.2 Å². The number of benzene rings is 1. The normalized spacial score (nSPS) is 14.7. The molecule has 0 saturated heterocycles. The molecular weight excluding hydrogens is 343 g/mol. The highest BCUT2D eigenvalue weighted by molar-refractivity contribution is 6.31. The topological polar surface area (TPSA) is 46.9 Å². The maximum absolute atomic E-state index is 12.8. The summed E-state index contributed by atoms with van der Waals surface area (Å²) in [5.74, 6) is -0.349. The van der Waals surface area contributed by atoms with Crippen molar-refractivity contribution < 1.29 is 18.0 Å². The molecule has 0 aliphatic heterocycles. The summed E-state index contributed by atoms with van der Waals surface area (Å²) in [6.07, 6.45) is -2.86. The van der Waals surface area contributed by atoms with Crippen LogP contribution < -0.4 is 5.32 Å². The van der Waals surface area contributed by atoms with Crippen LogP contribution in [-0.4, -0.2) is 15.7 Å². The summed E-state index contributed by atoms with van der Waals surface area (Å²) in [4.78, 5) is 12.1. The Hall–Kier alpha value is -2.02. The van der Waals surface area contributed by atoms with Gasteiger partial charge in [-0.3, -0.25) is 9.48 Å². The molecule has 0 radical (unpaired) electrons. The van der Waals surface area contributed by atoms with Crippen LogP contribution in [-0.2, 0) is 24.1 Å². The van der Waals surface area contributed by atoms with E-state index in [4.69, 9.17) is 11.6 Å². The molecule has 4 nitrogen and oxygen atoms in total. The van der Waals surface area contributed by atoms with Gasteiger partial charge in [0, 0.05) is 23.2 Å². The van der Waals surface area contributed by atoms with Crippen LogP contribution in [0.5, 0.6) is 0 Å². The third-order valence-corrected chi connectivity index (χ3v) is 4.19. The minimum Gasteiger partial charge on any atom is -0.350 e. The fraction of sp³-hybridized carbons (Fsp3) is 0.375. The molecule has 1 amide bonds. The summed E-state index contributed by atoms with van der Waals surface area (Å²) in [6.45, 7) is -0.0307. The van der Waals surface area contributed by atoms with Gasteiger partial charge in [0.25, 0.3) is 0 Å². The van der Waals surface area contributed by atoms with E-state index >= 15 is 0 Å². The third kappa shape index (κ3) is 3.90. The van der Waals surface area contributed by atoms with Crippen LogP contribution in [0.25, 0.3) is 0 Å². The highest BCUT2D eigenvalue weighted by Crippen LogP contribution is 2.42. The first-order chi connectivity index (χ1) is 11.3. The summed E-state index contributed by atoms with van der Waals surface area (Å²) >= 11 is 6.00. The summed E-state index contributed by atoms with van der Waals surface area (Å²) in [5.41, 5.74) is 0.255. The van der Waals surface area contributed by atoms with Gasteiger partial charge in [-0.05, 0) is 30.5 Å². The van der Waals surface area contributed by atoms with E-state index in [0.29, 0.717) is 10.7 Å². The quantitative estimate of drug-likeness (QED) is 0.886. The molecule has 3 rings (SSSR count). The Balaban J connectivity index is 1.68. The molecule has 0 unspecified atom stereocenters. The van der Waals surface area contributed by atoms with Crippen molar-refractivity contribution >= 4 is 17.5 Å². The average molecular weight is 358 g/mol. The van der Waals surface area contributed by atoms with Crippen LogP contribution in [0.15, 0.2) is 30.3 Å². The minimum absolute atomic E-state index is 0.0602. The zero-order valence-corrected chi connectivity index (χ0v) is 13.4. The van der Waals surface area contributed by atoms with Crippen molar-refractivity contribution in [3.05, 3.63) is 52.3 Å². The molecule has 0 atom stereocenters. The van der Waals surface area contributed by atoms with Gasteiger partial charge >= 0.3 is 6.18 Å². The Morgan fingerprint density at radius 1 is 1.33 bits per heavy atom. The molecular formula is C16H15ClF3N3O. The number of nitrogens with one attached hydrogen (secondary N) is 1. The lowest BCUT2D eigenvalue weighted by Gasteiger charge is -2.09. The van der Waals surface area contributed by atoms with Crippen LogP contribution in [0, 0.1) is 0 Å². The SMILES string of the molecule is O=C(Cn1nc(C(F)(F)F)cc1C1CC1)NCc1ccccc1Cl. The molecule has 1 heterocycles. The van der Waals surface area contributed by atoms with Crippen LogP contribution in [0.1, 0.15) is 35.7 Å². The van der Waals surface area contributed by atoms with Gasteiger partial charge in [-0.25, -0.2) is 0 Å². The second-order valence-corrected chi connectivity index (χ2v) is 6.16. The van der Waals surface area contributed by atoms with Crippen molar-refractivity contribution in [3.8, 4) is 0 Å². The van der Waals surface area contributed by atoms with E-state index < -0.39 is 17.8 Å². The second kappa shape index (κ2) is 6.47. The molecule has 1 fully saturated rings. The molecule has 128 valence electrons. The Morgan fingerprint density at radius 2 is 2.04 bits per heavy atom. The van der Waals surface area contributed by atoms with Crippen LogP contribution >= 0.6 is 11.6 Å². The van der Waals surface area contributed by atoms with E-state index in [2.05, 4.69) is 10.4 Å². The number of aromatic nitrogens is 2. The highest BCUT2D eigenvalue weighted by Gasteiger charge is 2.38. The molecule has 1 aliphatic carbocycles. The van der Waals surface area contributed by atoms with E-state index in [0.717, 1.165) is 29.2 Å². The Labute approximate surface area is 141 Å². The van der Waals surface area contributed by atoms with Crippen molar-refractivity contribution in [2.75, 3.05) is 0 Å². The van der Waals surface area contributed by atoms with Gasteiger partial charge in [0.05, 0.1) is 0 Å². The van der Waals surface area contributed by atoms with Crippen molar-refractivity contribution in [2.45, 2.75) is 38.0 Å². The van der Waals surface area contributed by atoms with Crippen molar-refractivity contribution in [3.63, 3.8) is 0 Å². The van der Waals surface area contributed by atoms with Crippen molar-refractivity contribution in [2.24, 2.45) is 0 Å². The molecule has 24 heavy (non-hydrogen) atoms. The zero-order valence-electron chi connectivity index (χ0n) is 12.6. The molecule has 8 heteroatoms. The van der Waals surface area contributed by atoms with Crippen LogP contribution in [0.2, 0.25) is 5.02 Å². The Kier molecular flexibility index (Phi) is 4.54. The van der Waals surface area contributed by atoms with E-state index in [1.807, 2.05) is 0 Å². The number of rotatable bonds is 5. The van der Waals surface area contributed by atoms with Gasteiger partial charge < -0.3 is 5.32 Å². The fourth-order valence-corrected chi connectivity index (χ4v) is 2.63. The van der Waals surface area contributed by atoms with Crippen LogP contribution in [0.3, 0.4) is 0 Å². The molecule has 1 N–H and O–H groups in total. The van der Waals surface area contributed by atoms with E-state index in [1.54, 1.807) is 24.3 Å². The van der Waals surface area contributed by atoms with Gasteiger partial charge in [-0.15, -0.1) is 0 Å². The standard InChI is InChI=1S/C16H15ClF3N3O/c17-12-4-2-1-3-11(12)8-21-15(24)9-23-13(10-5-6-10)7-14(22-23)16(18,19)20/h1-4,7,10H,5-6,8-9H2,(H,21,24). The first kappa shape index (κ1) is 16.8.